The molecule has 0 saturated heterocycles. The molecule has 4 heteroatoms. The van der Waals surface area contributed by atoms with E-state index in [4.69, 9.17) is 0 Å². The Bertz CT molecular complexity index is 425. The van der Waals surface area contributed by atoms with Crippen LogP contribution in [0.5, 0.6) is 0 Å². The highest BCUT2D eigenvalue weighted by molar-refractivity contribution is 5.93. The van der Waals surface area contributed by atoms with Gasteiger partial charge >= 0.3 is 0 Å². The van der Waals surface area contributed by atoms with Gasteiger partial charge in [0, 0.05) is 31.5 Å². The number of hydrogen-bond acceptors (Lipinski definition) is 3. The molecule has 0 unspecified atom stereocenters. The summed E-state index contributed by atoms with van der Waals surface area (Å²) >= 11 is 0. The highest BCUT2D eigenvalue weighted by Crippen LogP contribution is 2.16. The molecule has 0 aromatic carbocycles. The predicted molar refractivity (Wildman–Crippen MR) is 80.8 cm³/mol. The fraction of sp³-hybridized carbons (Fsp3) is 0.625. The van der Waals surface area contributed by atoms with Crippen molar-refractivity contribution in [2.24, 2.45) is 0 Å². The van der Waals surface area contributed by atoms with Crippen LogP contribution in [0.25, 0.3) is 0 Å². The summed E-state index contributed by atoms with van der Waals surface area (Å²) in [6.45, 7) is 3.45. The lowest BCUT2D eigenvalue weighted by Gasteiger charge is -2.16. The van der Waals surface area contributed by atoms with Gasteiger partial charge in [-0.2, -0.15) is 0 Å². The fourth-order valence-corrected chi connectivity index (χ4v) is 2.72. The highest BCUT2D eigenvalue weighted by atomic mass is 16.1. The van der Waals surface area contributed by atoms with Crippen LogP contribution < -0.4 is 10.6 Å². The zero-order valence-corrected chi connectivity index (χ0v) is 12.3. The summed E-state index contributed by atoms with van der Waals surface area (Å²) in [6.07, 6.45) is 11.3. The van der Waals surface area contributed by atoms with E-state index in [0.29, 0.717) is 18.2 Å². The maximum atomic E-state index is 11.9. The summed E-state index contributed by atoms with van der Waals surface area (Å²) in [5, 5.41) is 6.49. The SMILES string of the molecule is Cc1cncc(C(=O)NCCNC2CCCCCC2)c1. The summed E-state index contributed by atoms with van der Waals surface area (Å²) in [4.78, 5) is 16.0. The van der Waals surface area contributed by atoms with Crippen molar-refractivity contribution in [3.63, 3.8) is 0 Å². The standard InChI is InChI=1S/C16H25N3O/c1-13-10-14(12-17-11-13)16(20)19-9-8-18-15-6-4-2-3-5-7-15/h10-12,15,18H,2-9H2,1H3,(H,19,20). The van der Waals surface area contributed by atoms with Crippen LogP contribution in [0.15, 0.2) is 18.5 Å². The smallest absolute Gasteiger partial charge is 0.252 e. The molecule has 0 atom stereocenters. The number of hydrogen-bond donors (Lipinski definition) is 2. The molecule has 1 amide bonds. The number of carbonyl (C=O) groups excluding carboxylic acids is 1. The van der Waals surface area contributed by atoms with Gasteiger partial charge in [0.15, 0.2) is 0 Å². The Balaban J connectivity index is 1.66. The maximum absolute atomic E-state index is 11.9. The van der Waals surface area contributed by atoms with Crippen molar-refractivity contribution in [1.29, 1.82) is 0 Å². The van der Waals surface area contributed by atoms with E-state index in [1.807, 2.05) is 13.0 Å². The fourth-order valence-electron chi connectivity index (χ4n) is 2.72. The molecular weight excluding hydrogens is 250 g/mol. The molecule has 2 N–H and O–H groups in total. The average Bonchev–Trinajstić information content (AvgIpc) is 2.72. The lowest BCUT2D eigenvalue weighted by Crippen LogP contribution is -2.36. The number of pyridine rings is 1. The molecule has 0 radical (unpaired) electrons. The number of rotatable bonds is 5. The van der Waals surface area contributed by atoms with E-state index in [9.17, 15) is 4.79 Å². The number of aromatic nitrogens is 1. The summed E-state index contributed by atoms with van der Waals surface area (Å²) in [6, 6.07) is 2.50. The molecule has 1 heterocycles. The minimum absolute atomic E-state index is 0.0381. The van der Waals surface area contributed by atoms with Crippen LogP contribution in [-0.4, -0.2) is 30.0 Å². The molecule has 20 heavy (non-hydrogen) atoms. The van der Waals surface area contributed by atoms with Crippen molar-refractivity contribution in [2.75, 3.05) is 13.1 Å². The molecule has 110 valence electrons. The third-order valence-electron chi connectivity index (χ3n) is 3.84. The summed E-state index contributed by atoms with van der Waals surface area (Å²) in [7, 11) is 0. The van der Waals surface area contributed by atoms with Gasteiger partial charge in [0.05, 0.1) is 5.56 Å². The van der Waals surface area contributed by atoms with E-state index in [0.717, 1.165) is 12.1 Å². The Morgan fingerprint density at radius 2 is 1.95 bits per heavy atom. The lowest BCUT2D eigenvalue weighted by atomic mass is 10.1. The molecule has 1 aromatic rings. The van der Waals surface area contributed by atoms with Gasteiger partial charge in [0.1, 0.15) is 0 Å². The molecular formula is C16H25N3O. The van der Waals surface area contributed by atoms with Gasteiger partial charge in [-0.05, 0) is 31.4 Å². The van der Waals surface area contributed by atoms with E-state index >= 15 is 0 Å². The van der Waals surface area contributed by atoms with Crippen molar-refractivity contribution in [2.45, 2.75) is 51.5 Å². The zero-order chi connectivity index (χ0) is 14.2. The maximum Gasteiger partial charge on any atom is 0.252 e. The Labute approximate surface area is 121 Å². The van der Waals surface area contributed by atoms with Gasteiger partial charge in [-0.1, -0.05) is 25.7 Å². The monoisotopic (exact) mass is 275 g/mol. The molecule has 0 aliphatic heterocycles. The van der Waals surface area contributed by atoms with Crippen molar-refractivity contribution >= 4 is 5.91 Å². The van der Waals surface area contributed by atoms with Crippen molar-refractivity contribution in [3.05, 3.63) is 29.6 Å². The number of nitrogens with zero attached hydrogens (tertiary/aromatic N) is 1. The van der Waals surface area contributed by atoms with Crippen LogP contribution in [0.4, 0.5) is 0 Å². The Hall–Kier alpha value is -1.42. The number of aryl methyl sites for hydroxylation is 1. The summed E-state index contributed by atoms with van der Waals surface area (Å²) in [5.74, 6) is -0.0381. The first-order chi connectivity index (χ1) is 9.75. The zero-order valence-electron chi connectivity index (χ0n) is 12.3. The normalized spacial score (nSPS) is 16.6. The van der Waals surface area contributed by atoms with Crippen molar-refractivity contribution in [1.82, 2.24) is 15.6 Å². The number of amides is 1. The quantitative estimate of drug-likeness (QED) is 0.641. The Kier molecular flexibility index (Phi) is 5.99. The molecule has 1 saturated carbocycles. The number of carbonyl (C=O) groups is 1. The van der Waals surface area contributed by atoms with Gasteiger partial charge in [0.25, 0.3) is 5.91 Å². The third kappa shape index (κ3) is 4.93. The van der Waals surface area contributed by atoms with E-state index in [2.05, 4.69) is 15.6 Å². The van der Waals surface area contributed by atoms with Crippen LogP contribution in [0, 0.1) is 6.92 Å². The van der Waals surface area contributed by atoms with Crippen LogP contribution in [0.1, 0.15) is 54.4 Å². The van der Waals surface area contributed by atoms with Gasteiger partial charge in [-0.3, -0.25) is 9.78 Å². The molecule has 0 spiro atoms. The van der Waals surface area contributed by atoms with E-state index in [1.54, 1.807) is 12.4 Å². The largest absolute Gasteiger partial charge is 0.351 e. The Morgan fingerprint density at radius 3 is 2.65 bits per heavy atom. The van der Waals surface area contributed by atoms with E-state index in [-0.39, 0.29) is 5.91 Å². The topological polar surface area (TPSA) is 54.0 Å². The minimum Gasteiger partial charge on any atom is -0.351 e. The number of nitrogens with one attached hydrogen (secondary N) is 2. The van der Waals surface area contributed by atoms with Crippen LogP contribution in [-0.2, 0) is 0 Å². The second-order valence-electron chi connectivity index (χ2n) is 5.65. The second-order valence-corrected chi connectivity index (χ2v) is 5.65. The molecule has 0 bridgehead atoms. The highest BCUT2D eigenvalue weighted by Gasteiger charge is 2.11. The molecule has 1 aliphatic rings. The molecule has 1 aromatic heterocycles. The lowest BCUT2D eigenvalue weighted by molar-refractivity contribution is 0.0953. The van der Waals surface area contributed by atoms with E-state index < -0.39 is 0 Å². The van der Waals surface area contributed by atoms with Crippen LogP contribution in [0.3, 0.4) is 0 Å². The van der Waals surface area contributed by atoms with Crippen molar-refractivity contribution < 1.29 is 4.79 Å². The van der Waals surface area contributed by atoms with Crippen LogP contribution in [0.2, 0.25) is 0 Å². The van der Waals surface area contributed by atoms with Gasteiger partial charge < -0.3 is 10.6 Å². The first-order valence-electron chi connectivity index (χ1n) is 7.69. The third-order valence-corrected chi connectivity index (χ3v) is 3.84. The van der Waals surface area contributed by atoms with Crippen molar-refractivity contribution in [3.8, 4) is 0 Å². The molecule has 1 fully saturated rings. The molecule has 1 aliphatic carbocycles. The first-order valence-corrected chi connectivity index (χ1v) is 7.69. The predicted octanol–water partition coefficient (Wildman–Crippen LogP) is 2.43. The molecule has 4 nitrogen and oxygen atoms in total. The summed E-state index contributed by atoms with van der Waals surface area (Å²) in [5.41, 5.74) is 1.65. The first kappa shape index (κ1) is 15.0. The van der Waals surface area contributed by atoms with Crippen LogP contribution >= 0.6 is 0 Å². The Morgan fingerprint density at radius 1 is 1.20 bits per heavy atom. The average molecular weight is 275 g/mol. The molecule has 2 rings (SSSR count). The van der Waals surface area contributed by atoms with E-state index in [1.165, 1.54) is 38.5 Å². The summed E-state index contributed by atoms with van der Waals surface area (Å²) < 4.78 is 0. The van der Waals surface area contributed by atoms with Gasteiger partial charge in [-0.15, -0.1) is 0 Å². The minimum atomic E-state index is -0.0381. The van der Waals surface area contributed by atoms with Gasteiger partial charge in [0.2, 0.25) is 0 Å². The second kappa shape index (κ2) is 8.00. The van der Waals surface area contributed by atoms with Gasteiger partial charge in [-0.25, -0.2) is 0 Å².